The van der Waals surface area contributed by atoms with Crippen LogP contribution in [0.1, 0.15) is 45.4 Å². The molecular formula is C23H29N5O3S. The van der Waals surface area contributed by atoms with E-state index < -0.39 is 5.25 Å². The Bertz CT molecular complexity index is 987. The topological polar surface area (TPSA) is 98.1 Å². The summed E-state index contributed by atoms with van der Waals surface area (Å²) in [6, 6.07) is 7.16. The quantitative estimate of drug-likeness (QED) is 0.647. The highest BCUT2D eigenvalue weighted by molar-refractivity contribution is 8.00. The SMILES string of the molecule is COc1ccccc1-n1cnnc1S[C@H](C)C(=O)NC(=O)NC12CC3CC(CC(C3)C1)C2. The van der Waals surface area contributed by atoms with Crippen LogP contribution in [0.2, 0.25) is 0 Å². The molecule has 0 aliphatic heterocycles. The van der Waals surface area contributed by atoms with Crippen molar-refractivity contribution in [2.45, 2.75) is 61.4 Å². The third-order valence-corrected chi connectivity index (χ3v) is 8.22. The number of hydrogen-bond acceptors (Lipinski definition) is 6. The van der Waals surface area contributed by atoms with Crippen LogP contribution >= 0.6 is 11.8 Å². The smallest absolute Gasteiger partial charge is 0.321 e. The lowest BCUT2D eigenvalue weighted by molar-refractivity contribution is -0.119. The van der Waals surface area contributed by atoms with Crippen molar-refractivity contribution < 1.29 is 14.3 Å². The van der Waals surface area contributed by atoms with Crippen molar-refractivity contribution >= 4 is 23.7 Å². The third kappa shape index (κ3) is 4.10. The Kier molecular flexibility index (Phi) is 5.61. The lowest BCUT2D eigenvalue weighted by atomic mass is 9.53. The predicted molar refractivity (Wildman–Crippen MR) is 121 cm³/mol. The second-order valence-electron chi connectivity index (χ2n) is 9.56. The number of hydrogen-bond donors (Lipinski definition) is 2. The second-order valence-corrected chi connectivity index (χ2v) is 10.9. The number of carbonyl (C=O) groups is 2. The van der Waals surface area contributed by atoms with Gasteiger partial charge in [0.05, 0.1) is 18.0 Å². The number of amides is 3. The number of urea groups is 1. The molecule has 1 atom stereocenters. The molecule has 0 radical (unpaired) electrons. The zero-order valence-electron chi connectivity index (χ0n) is 18.4. The van der Waals surface area contributed by atoms with Gasteiger partial charge < -0.3 is 10.1 Å². The van der Waals surface area contributed by atoms with E-state index in [-0.39, 0.29) is 17.5 Å². The number of benzene rings is 1. The van der Waals surface area contributed by atoms with Crippen LogP contribution in [-0.4, -0.2) is 44.6 Å². The Morgan fingerprint density at radius 3 is 2.47 bits per heavy atom. The highest BCUT2D eigenvalue weighted by atomic mass is 32.2. The molecule has 4 aliphatic rings. The molecule has 1 aromatic carbocycles. The minimum absolute atomic E-state index is 0.125. The molecule has 4 aliphatic carbocycles. The molecule has 4 bridgehead atoms. The van der Waals surface area contributed by atoms with Gasteiger partial charge in [-0.15, -0.1) is 10.2 Å². The van der Waals surface area contributed by atoms with Gasteiger partial charge in [-0.05, 0) is 75.3 Å². The van der Waals surface area contributed by atoms with Crippen LogP contribution < -0.4 is 15.4 Å². The first-order valence-electron chi connectivity index (χ1n) is 11.3. The van der Waals surface area contributed by atoms with Gasteiger partial charge in [-0.3, -0.25) is 14.7 Å². The molecule has 170 valence electrons. The summed E-state index contributed by atoms with van der Waals surface area (Å²) in [5.74, 6) is 2.53. The molecule has 4 saturated carbocycles. The van der Waals surface area contributed by atoms with E-state index >= 15 is 0 Å². The van der Waals surface area contributed by atoms with Crippen LogP contribution in [0.3, 0.4) is 0 Å². The molecule has 0 unspecified atom stereocenters. The van der Waals surface area contributed by atoms with E-state index in [4.69, 9.17) is 4.74 Å². The molecular weight excluding hydrogens is 426 g/mol. The third-order valence-electron chi connectivity index (χ3n) is 7.17. The molecule has 6 rings (SSSR count). The molecule has 0 spiro atoms. The van der Waals surface area contributed by atoms with E-state index in [1.807, 2.05) is 24.3 Å². The number of thioether (sulfide) groups is 1. The zero-order chi connectivity index (χ0) is 22.3. The highest BCUT2D eigenvalue weighted by Crippen LogP contribution is 2.55. The van der Waals surface area contributed by atoms with Crippen LogP contribution in [0.25, 0.3) is 5.69 Å². The van der Waals surface area contributed by atoms with Crippen molar-refractivity contribution in [1.82, 2.24) is 25.4 Å². The van der Waals surface area contributed by atoms with E-state index in [1.165, 1.54) is 31.0 Å². The lowest BCUT2D eigenvalue weighted by Gasteiger charge is -2.56. The van der Waals surface area contributed by atoms with Crippen molar-refractivity contribution in [2.24, 2.45) is 17.8 Å². The Balaban J connectivity index is 1.21. The summed E-state index contributed by atoms with van der Waals surface area (Å²) in [6.07, 6.45) is 8.66. The lowest BCUT2D eigenvalue weighted by Crippen LogP contribution is -2.62. The fourth-order valence-electron chi connectivity index (χ4n) is 6.26. The summed E-state index contributed by atoms with van der Waals surface area (Å²) in [5.41, 5.74) is 0.661. The van der Waals surface area contributed by atoms with Gasteiger partial charge in [-0.1, -0.05) is 23.9 Å². The summed E-state index contributed by atoms with van der Waals surface area (Å²) in [5, 5.41) is 13.9. The summed E-state index contributed by atoms with van der Waals surface area (Å²) in [4.78, 5) is 25.5. The number of imide groups is 1. The van der Waals surface area contributed by atoms with E-state index in [1.54, 1.807) is 24.9 Å². The molecule has 0 saturated heterocycles. The number of nitrogens with one attached hydrogen (secondary N) is 2. The zero-order valence-corrected chi connectivity index (χ0v) is 19.2. The predicted octanol–water partition coefficient (Wildman–Crippen LogP) is 3.55. The number of nitrogens with zero attached hydrogens (tertiary/aromatic N) is 3. The first kappa shape index (κ1) is 21.3. The van der Waals surface area contributed by atoms with Crippen molar-refractivity contribution in [2.75, 3.05) is 7.11 Å². The van der Waals surface area contributed by atoms with Crippen LogP contribution in [0, 0.1) is 17.8 Å². The highest BCUT2D eigenvalue weighted by Gasteiger charge is 2.51. The number of carbonyl (C=O) groups excluding carboxylic acids is 2. The van der Waals surface area contributed by atoms with E-state index in [2.05, 4.69) is 20.8 Å². The Morgan fingerprint density at radius 1 is 1.16 bits per heavy atom. The van der Waals surface area contributed by atoms with Gasteiger partial charge >= 0.3 is 6.03 Å². The van der Waals surface area contributed by atoms with Gasteiger partial charge in [0.1, 0.15) is 12.1 Å². The van der Waals surface area contributed by atoms with Crippen LogP contribution in [0.4, 0.5) is 4.79 Å². The number of methoxy groups -OCH3 is 1. The molecule has 1 heterocycles. The van der Waals surface area contributed by atoms with Gasteiger partial charge in [-0.2, -0.15) is 0 Å². The molecule has 9 heteroatoms. The Labute approximate surface area is 191 Å². The van der Waals surface area contributed by atoms with Crippen LogP contribution in [-0.2, 0) is 4.79 Å². The maximum absolute atomic E-state index is 12.8. The number of rotatable bonds is 6. The van der Waals surface area contributed by atoms with Crippen molar-refractivity contribution in [1.29, 1.82) is 0 Å². The van der Waals surface area contributed by atoms with E-state index in [0.717, 1.165) is 42.7 Å². The molecule has 2 aromatic rings. The minimum atomic E-state index is -0.519. The van der Waals surface area contributed by atoms with Crippen molar-refractivity contribution in [3.05, 3.63) is 30.6 Å². The first-order valence-corrected chi connectivity index (χ1v) is 12.2. The number of aromatic nitrogens is 3. The Hall–Kier alpha value is -2.55. The van der Waals surface area contributed by atoms with Gasteiger partial charge in [0, 0.05) is 5.54 Å². The van der Waals surface area contributed by atoms with Crippen LogP contribution in [0.15, 0.2) is 35.7 Å². The average molecular weight is 456 g/mol. The second kappa shape index (κ2) is 8.42. The minimum Gasteiger partial charge on any atom is -0.495 e. The molecule has 3 amide bonds. The monoisotopic (exact) mass is 455 g/mol. The fraction of sp³-hybridized carbons (Fsp3) is 0.565. The molecule has 8 nitrogen and oxygen atoms in total. The normalized spacial score (nSPS) is 28.9. The summed E-state index contributed by atoms with van der Waals surface area (Å²) < 4.78 is 7.21. The molecule has 32 heavy (non-hydrogen) atoms. The van der Waals surface area contributed by atoms with Gasteiger partial charge in [0.2, 0.25) is 5.91 Å². The fourth-order valence-corrected chi connectivity index (χ4v) is 7.10. The molecule has 4 fully saturated rings. The van der Waals surface area contributed by atoms with Crippen molar-refractivity contribution in [3.8, 4) is 11.4 Å². The van der Waals surface area contributed by atoms with Gasteiger partial charge in [0.15, 0.2) is 5.16 Å². The van der Waals surface area contributed by atoms with E-state index in [0.29, 0.717) is 10.9 Å². The number of ether oxygens (including phenoxy) is 1. The molecule has 1 aromatic heterocycles. The molecule has 2 N–H and O–H groups in total. The first-order chi connectivity index (χ1) is 15.4. The van der Waals surface area contributed by atoms with Gasteiger partial charge in [0.25, 0.3) is 0 Å². The standard InChI is InChI=1S/C23H29N5O3S/c1-14(32-22-27-24-13-28(22)18-5-3-4-6-19(18)31-2)20(29)25-21(30)26-23-10-15-7-16(11-23)9-17(8-15)12-23/h3-6,13-17H,7-12H2,1-2H3,(H2,25,26,29,30)/t14-,15?,16?,17?,23?/m1/s1. The number of para-hydroxylation sites is 2. The Morgan fingerprint density at radius 2 is 1.81 bits per heavy atom. The van der Waals surface area contributed by atoms with Crippen LogP contribution in [0.5, 0.6) is 5.75 Å². The maximum Gasteiger partial charge on any atom is 0.321 e. The summed E-state index contributed by atoms with van der Waals surface area (Å²) in [6.45, 7) is 1.76. The van der Waals surface area contributed by atoms with Crippen molar-refractivity contribution in [3.63, 3.8) is 0 Å². The largest absolute Gasteiger partial charge is 0.495 e. The van der Waals surface area contributed by atoms with Gasteiger partial charge in [-0.25, -0.2) is 4.79 Å². The maximum atomic E-state index is 12.8. The summed E-state index contributed by atoms with van der Waals surface area (Å²) in [7, 11) is 1.61. The average Bonchev–Trinajstić information content (AvgIpc) is 3.20. The van der Waals surface area contributed by atoms with E-state index in [9.17, 15) is 9.59 Å². The summed E-state index contributed by atoms with van der Waals surface area (Å²) >= 11 is 1.25.